The van der Waals surface area contributed by atoms with Crippen molar-refractivity contribution in [3.8, 4) is 11.5 Å². The minimum absolute atomic E-state index is 0.365. The highest BCUT2D eigenvalue weighted by molar-refractivity contribution is 8.00. The van der Waals surface area contributed by atoms with Crippen LogP contribution in [-0.4, -0.2) is 20.3 Å². The smallest absolute Gasteiger partial charge is 0.323 e. The zero-order valence-electron chi connectivity index (χ0n) is 16.8. The molecule has 3 aromatic rings. The van der Waals surface area contributed by atoms with Gasteiger partial charge in [-0.1, -0.05) is 17.7 Å². The molecule has 6 nitrogen and oxygen atoms in total. The fourth-order valence-corrected chi connectivity index (χ4v) is 3.50. The highest BCUT2D eigenvalue weighted by Crippen LogP contribution is 2.29. The summed E-state index contributed by atoms with van der Waals surface area (Å²) in [4.78, 5) is 13.4. The summed E-state index contributed by atoms with van der Waals surface area (Å²) < 4.78 is 13.7. The Morgan fingerprint density at radius 3 is 2.07 bits per heavy atom. The molecular weight excluding hydrogens is 422 g/mol. The summed E-state index contributed by atoms with van der Waals surface area (Å²) in [5.41, 5.74) is 3.26. The van der Waals surface area contributed by atoms with Crippen molar-refractivity contribution in [2.24, 2.45) is 0 Å². The molecule has 3 N–H and O–H groups in total. The second kappa shape index (κ2) is 10.1. The molecule has 3 aromatic carbocycles. The molecule has 0 atom stereocenters. The highest BCUT2D eigenvalue weighted by atomic mass is 35.5. The van der Waals surface area contributed by atoms with E-state index in [9.17, 15) is 4.79 Å². The Bertz CT molecular complexity index is 1010. The molecular formula is C22H22ClN3O3S. The molecule has 0 saturated carbocycles. The normalized spacial score (nSPS) is 10.3. The summed E-state index contributed by atoms with van der Waals surface area (Å²) in [6.45, 7) is 2.01. The molecule has 8 heteroatoms. The predicted molar refractivity (Wildman–Crippen MR) is 124 cm³/mol. The number of nitrogens with one attached hydrogen (secondary N) is 3. The van der Waals surface area contributed by atoms with Crippen LogP contribution in [0.4, 0.5) is 21.9 Å². The van der Waals surface area contributed by atoms with E-state index < -0.39 is 0 Å². The van der Waals surface area contributed by atoms with Crippen LogP contribution in [0.1, 0.15) is 5.56 Å². The monoisotopic (exact) mass is 443 g/mol. The lowest BCUT2D eigenvalue weighted by Gasteiger charge is -2.13. The van der Waals surface area contributed by atoms with Gasteiger partial charge in [0.1, 0.15) is 11.5 Å². The zero-order chi connectivity index (χ0) is 21.5. The van der Waals surface area contributed by atoms with E-state index >= 15 is 0 Å². The van der Waals surface area contributed by atoms with Gasteiger partial charge in [-0.2, -0.15) is 0 Å². The largest absolute Gasteiger partial charge is 0.497 e. The quantitative estimate of drug-likeness (QED) is 0.367. The Balaban J connectivity index is 1.65. The van der Waals surface area contributed by atoms with Gasteiger partial charge >= 0.3 is 6.03 Å². The van der Waals surface area contributed by atoms with Gasteiger partial charge in [0, 0.05) is 45.2 Å². The third-order valence-electron chi connectivity index (χ3n) is 4.18. The van der Waals surface area contributed by atoms with Gasteiger partial charge in [-0.15, -0.1) is 0 Å². The molecule has 0 bridgehead atoms. The summed E-state index contributed by atoms with van der Waals surface area (Å²) in [5.74, 6) is 1.18. The van der Waals surface area contributed by atoms with Crippen molar-refractivity contribution in [3.05, 3.63) is 71.2 Å². The first-order valence-electron chi connectivity index (χ1n) is 9.07. The number of hydrogen-bond acceptors (Lipinski definition) is 5. The van der Waals surface area contributed by atoms with Crippen LogP contribution in [0.15, 0.2) is 65.6 Å². The molecule has 0 spiro atoms. The number of aryl methyl sites for hydroxylation is 1. The van der Waals surface area contributed by atoms with Crippen LogP contribution >= 0.6 is 23.5 Å². The van der Waals surface area contributed by atoms with E-state index in [2.05, 4.69) is 15.4 Å². The molecule has 0 aliphatic carbocycles. The number of benzene rings is 3. The van der Waals surface area contributed by atoms with E-state index in [0.717, 1.165) is 16.1 Å². The number of carbonyl (C=O) groups excluding carboxylic acids is 1. The lowest BCUT2D eigenvalue weighted by Crippen LogP contribution is -2.19. The average molecular weight is 444 g/mol. The van der Waals surface area contributed by atoms with E-state index in [-0.39, 0.29) is 6.03 Å². The van der Waals surface area contributed by atoms with Crippen molar-refractivity contribution in [2.75, 3.05) is 29.6 Å². The Labute approximate surface area is 185 Å². The first-order valence-corrected chi connectivity index (χ1v) is 10.3. The Morgan fingerprint density at radius 1 is 0.833 bits per heavy atom. The molecule has 0 aliphatic heterocycles. The average Bonchev–Trinajstić information content (AvgIpc) is 2.74. The van der Waals surface area contributed by atoms with Crippen LogP contribution in [0.5, 0.6) is 11.5 Å². The standard InChI is InChI=1S/C22H22ClN3O3S/c1-14-4-7-17(12-21(14)30-26-16-8-5-15(23)6-9-16)24-22(27)25-18-10-19(28-2)13-20(11-18)29-3/h4-13,26H,1-3H3,(H2,24,25,27). The van der Waals surface area contributed by atoms with Crippen molar-refractivity contribution in [1.82, 2.24) is 0 Å². The molecule has 0 heterocycles. The number of hydrogen-bond donors (Lipinski definition) is 3. The number of ether oxygens (including phenoxy) is 2. The summed E-state index contributed by atoms with van der Waals surface area (Å²) in [6.07, 6.45) is 0. The summed E-state index contributed by atoms with van der Waals surface area (Å²) >= 11 is 7.38. The van der Waals surface area contributed by atoms with Crippen molar-refractivity contribution in [2.45, 2.75) is 11.8 Å². The zero-order valence-corrected chi connectivity index (χ0v) is 18.4. The Kier molecular flexibility index (Phi) is 7.32. The minimum Gasteiger partial charge on any atom is -0.497 e. The van der Waals surface area contributed by atoms with Crippen LogP contribution in [0.3, 0.4) is 0 Å². The summed E-state index contributed by atoms with van der Waals surface area (Å²) in [5, 5.41) is 6.33. The summed E-state index contributed by atoms with van der Waals surface area (Å²) in [7, 11) is 3.12. The maximum atomic E-state index is 12.4. The SMILES string of the molecule is COc1cc(NC(=O)Nc2ccc(C)c(SNc3ccc(Cl)cc3)c2)cc(OC)c1. The van der Waals surface area contributed by atoms with Gasteiger partial charge in [-0.25, -0.2) is 4.79 Å². The fourth-order valence-electron chi connectivity index (χ4n) is 2.59. The third kappa shape index (κ3) is 5.98. The number of anilines is 3. The second-order valence-corrected chi connectivity index (χ2v) is 7.66. The number of carbonyl (C=O) groups is 1. The van der Waals surface area contributed by atoms with E-state index in [1.54, 1.807) is 32.4 Å². The van der Waals surface area contributed by atoms with Gasteiger partial charge in [-0.3, -0.25) is 0 Å². The fraction of sp³-hybridized carbons (Fsp3) is 0.136. The lowest BCUT2D eigenvalue weighted by atomic mass is 10.2. The van der Waals surface area contributed by atoms with Crippen LogP contribution < -0.4 is 24.8 Å². The Morgan fingerprint density at radius 2 is 1.43 bits per heavy atom. The first kappa shape index (κ1) is 21.7. The first-order chi connectivity index (χ1) is 14.5. The minimum atomic E-state index is -0.365. The molecule has 30 heavy (non-hydrogen) atoms. The van der Waals surface area contributed by atoms with E-state index in [4.69, 9.17) is 21.1 Å². The lowest BCUT2D eigenvalue weighted by molar-refractivity contribution is 0.262. The predicted octanol–water partition coefficient (Wildman–Crippen LogP) is 6.43. The van der Waals surface area contributed by atoms with Gasteiger partial charge < -0.3 is 24.8 Å². The number of amides is 2. The molecule has 2 amide bonds. The molecule has 0 saturated heterocycles. The van der Waals surface area contributed by atoms with Crippen molar-refractivity contribution < 1.29 is 14.3 Å². The second-order valence-electron chi connectivity index (χ2n) is 6.37. The van der Waals surface area contributed by atoms with Gasteiger partial charge in [-0.05, 0) is 60.8 Å². The number of halogens is 1. The van der Waals surface area contributed by atoms with Crippen molar-refractivity contribution >= 4 is 46.6 Å². The van der Waals surface area contributed by atoms with E-state index in [1.165, 1.54) is 11.9 Å². The van der Waals surface area contributed by atoms with Gasteiger partial charge in [0.15, 0.2) is 0 Å². The summed E-state index contributed by atoms with van der Waals surface area (Å²) in [6, 6.07) is 18.0. The van der Waals surface area contributed by atoms with Crippen LogP contribution in [0, 0.1) is 6.92 Å². The molecule has 0 radical (unpaired) electrons. The number of urea groups is 1. The van der Waals surface area contributed by atoms with Gasteiger partial charge in [0.25, 0.3) is 0 Å². The van der Waals surface area contributed by atoms with Crippen LogP contribution in [-0.2, 0) is 0 Å². The maximum Gasteiger partial charge on any atom is 0.323 e. The van der Waals surface area contributed by atoms with Crippen molar-refractivity contribution in [1.29, 1.82) is 0 Å². The van der Waals surface area contributed by atoms with Gasteiger partial charge in [0.2, 0.25) is 0 Å². The topological polar surface area (TPSA) is 71.6 Å². The number of methoxy groups -OCH3 is 2. The molecule has 0 aromatic heterocycles. The van der Waals surface area contributed by atoms with Crippen LogP contribution in [0.2, 0.25) is 5.02 Å². The molecule has 156 valence electrons. The molecule has 0 fully saturated rings. The molecule has 0 aliphatic rings. The maximum absolute atomic E-state index is 12.4. The number of rotatable bonds is 7. The third-order valence-corrected chi connectivity index (χ3v) is 5.43. The van der Waals surface area contributed by atoms with Crippen molar-refractivity contribution in [3.63, 3.8) is 0 Å². The highest BCUT2D eigenvalue weighted by Gasteiger charge is 2.08. The van der Waals surface area contributed by atoms with E-state index in [0.29, 0.717) is 27.9 Å². The van der Waals surface area contributed by atoms with Gasteiger partial charge in [0.05, 0.1) is 14.2 Å². The Hall–Kier alpha value is -3.03. The van der Waals surface area contributed by atoms with E-state index in [1.807, 2.05) is 49.4 Å². The molecule has 3 rings (SSSR count). The molecule has 0 unspecified atom stereocenters. The van der Waals surface area contributed by atoms with Crippen LogP contribution in [0.25, 0.3) is 0 Å².